The van der Waals surface area contributed by atoms with E-state index >= 15 is 0 Å². The Kier molecular flexibility index (Phi) is 7.59. The zero-order chi connectivity index (χ0) is 16.5. The molecule has 0 spiro atoms. The molecule has 0 aromatic heterocycles. The summed E-state index contributed by atoms with van der Waals surface area (Å²) in [5.41, 5.74) is 0.445. The number of aliphatic hydroxyl groups excluding tert-OH is 1. The van der Waals surface area contributed by atoms with Gasteiger partial charge in [0.25, 0.3) is 0 Å². The molecule has 0 saturated heterocycles. The van der Waals surface area contributed by atoms with Crippen molar-refractivity contribution in [2.45, 2.75) is 39.5 Å². The molecule has 0 radical (unpaired) electrons. The molecule has 0 heterocycles. The van der Waals surface area contributed by atoms with Gasteiger partial charge in [0.05, 0.1) is 6.10 Å². The fourth-order valence-corrected chi connectivity index (χ4v) is 1.94. The third kappa shape index (κ3) is 7.21. The van der Waals surface area contributed by atoms with Crippen LogP contribution >= 0.6 is 0 Å². The summed E-state index contributed by atoms with van der Waals surface area (Å²) in [6.45, 7) is 1.22. The summed E-state index contributed by atoms with van der Waals surface area (Å²) in [5, 5.41) is 14.7. The number of urea groups is 1. The van der Waals surface area contributed by atoms with E-state index in [4.69, 9.17) is 0 Å². The molecule has 2 amide bonds. The third-order valence-corrected chi connectivity index (χ3v) is 2.87. The van der Waals surface area contributed by atoms with Gasteiger partial charge in [-0.3, -0.25) is 0 Å². The molecule has 1 atom stereocenters. The fraction of sp³-hybridized carbons (Fsp3) is 0.533. The van der Waals surface area contributed by atoms with E-state index in [2.05, 4.69) is 15.4 Å². The highest BCUT2D eigenvalue weighted by Crippen LogP contribution is 2.19. The number of halogens is 2. The second-order valence-corrected chi connectivity index (χ2v) is 5.33. The number of ether oxygens (including phenoxy) is 1. The molecule has 1 aromatic carbocycles. The summed E-state index contributed by atoms with van der Waals surface area (Å²) in [7, 11) is 0. The number of carbonyl (C=O) groups is 1. The number of hydrogen-bond donors (Lipinski definition) is 3. The van der Waals surface area contributed by atoms with Crippen molar-refractivity contribution in [3.63, 3.8) is 0 Å². The van der Waals surface area contributed by atoms with Crippen LogP contribution in [0.2, 0.25) is 0 Å². The van der Waals surface area contributed by atoms with Gasteiger partial charge in [-0.1, -0.05) is 32.0 Å². The Morgan fingerprint density at radius 3 is 2.59 bits per heavy atom. The number of hydrogen-bond acceptors (Lipinski definition) is 3. The molecule has 3 N–H and O–H groups in total. The first-order chi connectivity index (χ1) is 10.4. The van der Waals surface area contributed by atoms with E-state index < -0.39 is 18.7 Å². The Morgan fingerprint density at radius 2 is 1.95 bits per heavy atom. The Balaban J connectivity index is 2.41. The molecular formula is C15H22F2N2O3. The first kappa shape index (κ1) is 18.2. The van der Waals surface area contributed by atoms with Crippen LogP contribution in [-0.4, -0.2) is 30.4 Å². The predicted molar refractivity (Wildman–Crippen MR) is 78.8 cm³/mol. The number of amides is 2. The van der Waals surface area contributed by atoms with Crippen molar-refractivity contribution in [1.29, 1.82) is 0 Å². The van der Waals surface area contributed by atoms with Gasteiger partial charge in [-0.25, -0.2) is 4.79 Å². The Labute approximate surface area is 128 Å². The SMILES string of the molecule is CC(C)CC(O)CNC(=O)NCc1ccccc1OC(F)F. The molecule has 1 rings (SSSR count). The molecule has 0 bridgehead atoms. The van der Waals surface area contributed by atoms with Gasteiger partial charge in [-0.05, 0) is 18.4 Å². The smallest absolute Gasteiger partial charge is 0.387 e. The van der Waals surface area contributed by atoms with E-state index in [-0.39, 0.29) is 18.8 Å². The highest BCUT2D eigenvalue weighted by atomic mass is 19.3. The van der Waals surface area contributed by atoms with Gasteiger partial charge in [0.1, 0.15) is 5.75 Å². The molecular weight excluding hydrogens is 294 g/mol. The number of nitrogens with one attached hydrogen (secondary N) is 2. The van der Waals surface area contributed by atoms with Crippen molar-refractivity contribution in [3.8, 4) is 5.75 Å². The van der Waals surface area contributed by atoms with Crippen molar-refractivity contribution < 1.29 is 23.4 Å². The van der Waals surface area contributed by atoms with E-state index in [1.807, 2.05) is 13.8 Å². The molecule has 0 saturated carbocycles. The number of para-hydroxylation sites is 1. The van der Waals surface area contributed by atoms with Gasteiger partial charge < -0.3 is 20.5 Å². The maximum atomic E-state index is 12.3. The van der Waals surface area contributed by atoms with Crippen molar-refractivity contribution in [2.24, 2.45) is 5.92 Å². The number of alkyl halides is 2. The quantitative estimate of drug-likeness (QED) is 0.690. The molecule has 0 aliphatic heterocycles. The van der Waals surface area contributed by atoms with E-state index in [1.54, 1.807) is 18.2 Å². The molecule has 124 valence electrons. The highest BCUT2D eigenvalue weighted by molar-refractivity contribution is 5.73. The molecule has 1 aromatic rings. The van der Waals surface area contributed by atoms with Gasteiger partial charge in [0, 0.05) is 18.7 Å². The lowest BCUT2D eigenvalue weighted by Gasteiger charge is -2.15. The molecule has 0 fully saturated rings. The van der Waals surface area contributed by atoms with Crippen LogP contribution in [0.1, 0.15) is 25.8 Å². The Morgan fingerprint density at radius 1 is 1.27 bits per heavy atom. The summed E-state index contributed by atoms with van der Waals surface area (Å²) in [6.07, 6.45) is -0.0223. The van der Waals surface area contributed by atoms with Crippen LogP contribution in [0, 0.1) is 5.92 Å². The average Bonchev–Trinajstić information content (AvgIpc) is 2.43. The van der Waals surface area contributed by atoms with Crippen molar-refractivity contribution in [1.82, 2.24) is 10.6 Å². The standard InChI is InChI=1S/C15H22F2N2O3/c1-10(2)7-12(20)9-19-15(21)18-8-11-5-3-4-6-13(11)22-14(16)17/h3-6,10,12,14,20H,7-9H2,1-2H3,(H2,18,19,21). The average molecular weight is 316 g/mol. The van der Waals surface area contributed by atoms with Crippen LogP contribution in [0.15, 0.2) is 24.3 Å². The lowest BCUT2D eigenvalue weighted by atomic mass is 10.1. The third-order valence-electron chi connectivity index (χ3n) is 2.87. The molecule has 7 heteroatoms. The van der Waals surface area contributed by atoms with E-state index in [1.165, 1.54) is 6.07 Å². The summed E-state index contributed by atoms with van der Waals surface area (Å²) >= 11 is 0. The molecule has 1 unspecified atom stereocenters. The van der Waals surface area contributed by atoms with Gasteiger partial charge in [0.2, 0.25) is 0 Å². The fourth-order valence-electron chi connectivity index (χ4n) is 1.94. The summed E-state index contributed by atoms with van der Waals surface area (Å²) in [4.78, 5) is 11.6. The van der Waals surface area contributed by atoms with Crippen molar-refractivity contribution in [2.75, 3.05) is 6.54 Å². The minimum atomic E-state index is -2.92. The topological polar surface area (TPSA) is 70.6 Å². The first-order valence-corrected chi connectivity index (χ1v) is 7.11. The number of benzene rings is 1. The predicted octanol–water partition coefficient (Wildman–Crippen LogP) is 2.49. The summed E-state index contributed by atoms with van der Waals surface area (Å²) < 4.78 is 28.9. The minimum Gasteiger partial charge on any atom is -0.434 e. The van der Waals surface area contributed by atoms with E-state index in [0.29, 0.717) is 17.9 Å². The second-order valence-electron chi connectivity index (χ2n) is 5.33. The van der Waals surface area contributed by atoms with Crippen molar-refractivity contribution >= 4 is 6.03 Å². The van der Waals surface area contributed by atoms with Crippen LogP contribution in [0.5, 0.6) is 5.75 Å². The minimum absolute atomic E-state index is 0.0256. The first-order valence-electron chi connectivity index (χ1n) is 7.11. The van der Waals surface area contributed by atoms with Crippen LogP contribution in [0.3, 0.4) is 0 Å². The second kappa shape index (κ2) is 9.19. The number of carbonyl (C=O) groups excluding carboxylic acids is 1. The van der Waals surface area contributed by atoms with Gasteiger partial charge in [-0.2, -0.15) is 8.78 Å². The van der Waals surface area contributed by atoms with Crippen LogP contribution in [0.25, 0.3) is 0 Å². The number of aliphatic hydroxyl groups is 1. The van der Waals surface area contributed by atoms with E-state index in [0.717, 1.165) is 0 Å². The van der Waals surface area contributed by atoms with Crippen LogP contribution in [-0.2, 0) is 6.54 Å². The molecule has 22 heavy (non-hydrogen) atoms. The lowest BCUT2D eigenvalue weighted by Crippen LogP contribution is -2.39. The monoisotopic (exact) mass is 316 g/mol. The normalized spacial score (nSPS) is 12.3. The Hall–Kier alpha value is -1.89. The van der Waals surface area contributed by atoms with Crippen molar-refractivity contribution in [3.05, 3.63) is 29.8 Å². The van der Waals surface area contributed by atoms with Gasteiger partial charge in [0.15, 0.2) is 0 Å². The van der Waals surface area contributed by atoms with Gasteiger partial charge in [-0.15, -0.1) is 0 Å². The van der Waals surface area contributed by atoms with E-state index in [9.17, 15) is 18.7 Å². The maximum Gasteiger partial charge on any atom is 0.387 e. The summed E-state index contributed by atoms with van der Waals surface area (Å²) in [5.74, 6) is 0.357. The largest absolute Gasteiger partial charge is 0.434 e. The highest BCUT2D eigenvalue weighted by Gasteiger charge is 2.11. The van der Waals surface area contributed by atoms with Crippen LogP contribution in [0.4, 0.5) is 13.6 Å². The number of rotatable bonds is 8. The Bertz CT molecular complexity index is 470. The summed E-state index contributed by atoms with van der Waals surface area (Å²) in [6, 6.07) is 5.76. The molecule has 0 aliphatic rings. The zero-order valence-corrected chi connectivity index (χ0v) is 12.7. The van der Waals surface area contributed by atoms with Gasteiger partial charge >= 0.3 is 12.6 Å². The zero-order valence-electron chi connectivity index (χ0n) is 12.7. The van der Waals surface area contributed by atoms with Crippen LogP contribution < -0.4 is 15.4 Å². The lowest BCUT2D eigenvalue weighted by molar-refractivity contribution is -0.0504. The maximum absolute atomic E-state index is 12.3. The molecule has 5 nitrogen and oxygen atoms in total. The molecule has 0 aliphatic carbocycles.